The smallest absolute Gasteiger partial charge is 0.308 e. The van der Waals surface area contributed by atoms with E-state index in [0.29, 0.717) is 17.4 Å². The molecule has 7 rings (SSSR count). The maximum Gasteiger partial charge on any atom is 0.308 e. The molecule has 1 aliphatic heterocycles. The monoisotopic (exact) mass is 465 g/mol. The van der Waals surface area contributed by atoms with Gasteiger partial charge in [0.25, 0.3) is 0 Å². The van der Waals surface area contributed by atoms with Crippen LogP contribution in [0.2, 0.25) is 0 Å². The Bertz CT molecular complexity index is 1380. The molecule has 0 spiro atoms. The van der Waals surface area contributed by atoms with Crippen LogP contribution in [-0.4, -0.2) is 17.8 Å². The Labute approximate surface area is 204 Å². The molecule has 1 saturated heterocycles. The van der Waals surface area contributed by atoms with Gasteiger partial charge >= 0.3 is 5.97 Å². The molecule has 176 valence electrons. The molecule has 4 aliphatic rings. The van der Waals surface area contributed by atoms with E-state index in [1.54, 1.807) is 24.3 Å². The Morgan fingerprint density at radius 3 is 2.00 bits per heavy atom. The lowest BCUT2D eigenvalue weighted by Gasteiger charge is -2.46. The molecule has 3 aliphatic carbocycles. The van der Waals surface area contributed by atoms with Crippen LogP contribution in [0.15, 0.2) is 66.7 Å². The van der Waals surface area contributed by atoms with Crippen molar-refractivity contribution in [1.29, 1.82) is 0 Å². The predicted octanol–water partition coefficient (Wildman–Crippen LogP) is 5.52. The average molecular weight is 466 g/mol. The number of imide groups is 1. The van der Waals surface area contributed by atoms with E-state index in [1.165, 1.54) is 34.1 Å². The van der Waals surface area contributed by atoms with Crippen molar-refractivity contribution in [3.8, 4) is 5.75 Å². The summed E-state index contributed by atoms with van der Waals surface area (Å²) in [4.78, 5) is 40.4. The van der Waals surface area contributed by atoms with E-state index in [-0.39, 0.29) is 23.7 Å². The van der Waals surface area contributed by atoms with E-state index in [0.717, 1.165) is 12.0 Å². The number of carbonyl (C=O) groups is 3. The molecule has 5 heteroatoms. The van der Waals surface area contributed by atoms with Crippen molar-refractivity contribution in [2.24, 2.45) is 11.8 Å². The van der Waals surface area contributed by atoms with Crippen molar-refractivity contribution in [1.82, 2.24) is 0 Å². The molecule has 0 radical (unpaired) electrons. The second-order valence-electron chi connectivity index (χ2n) is 9.93. The van der Waals surface area contributed by atoms with Crippen LogP contribution in [0.4, 0.5) is 5.69 Å². The minimum atomic E-state index is -0.421. The molecule has 3 aromatic carbocycles. The third kappa shape index (κ3) is 3.10. The number of hydrogen-bond acceptors (Lipinski definition) is 4. The van der Waals surface area contributed by atoms with E-state index in [1.807, 2.05) is 12.1 Å². The van der Waals surface area contributed by atoms with E-state index in [4.69, 9.17) is 4.74 Å². The van der Waals surface area contributed by atoms with Crippen molar-refractivity contribution in [3.05, 3.63) is 94.5 Å². The highest BCUT2D eigenvalue weighted by molar-refractivity contribution is 6.23. The fraction of sp³-hybridized carbons (Fsp3) is 0.300. The first kappa shape index (κ1) is 21.8. The minimum absolute atomic E-state index is 0.135. The number of benzene rings is 3. The fourth-order valence-electron chi connectivity index (χ4n) is 6.37. The molecule has 5 atom stereocenters. The van der Waals surface area contributed by atoms with Gasteiger partial charge in [0.15, 0.2) is 0 Å². The van der Waals surface area contributed by atoms with Crippen LogP contribution in [0.25, 0.3) is 0 Å². The molecule has 2 amide bonds. The second-order valence-corrected chi connectivity index (χ2v) is 9.93. The van der Waals surface area contributed by atoms with Gasteiger partial charge in [-0.1, -0.05) is 56.3 Å². The van der Waals surface area contributed by atoms with Crippen LogP contribution in [0.1, 0.15) is 72.8 Å². The standard InChI is InChI=1S/C30H27NO4/c1-4-16(2)18-9-14-23-24(15-18)26-22-8-6-5-7-21(22)25(23)27-28(26)30(34)31(29(27)33)19-10-12-20(13-11-19)35-17(3)32/h5-16,25-28H,4H2,1-3H3/t16-,25+,26+,27+,28-/m1/s1. The molecule has 35 heavy (non-hydrogen) atoms. The number of hydrogen-bond donors (Lipinski definition) is 0. The van der Waals surface area contributed by atoms with Crippen molar-refractivity contribution < 1.29 is 19.1 Å². The first-order valence-electron chi connectivity index (χ1n) is 12.3. The third-order valence-corrected chi connectivity index (χ3v) is 8.10. The van der Waals surface area contributed by atoms with Crippen LogP contribution in [0, 0.1) is 11.8 Å². The van der Waals surface area contributed by atoms with Gasteiger partial charge in [-0.15, -0.1) is 0 Å². The summed E-state index contributed by atoms with van der Waals surface area (Å²) in [5.41, 5.74) is 6.49. The number of ether oxygens (including phenoxy) is 1. The third-order valence-electron chi connectivity index (χ3n) is 8.10. The quantitative estimate of drug-likeness (QED) is 0.289. The highest BCUT2D eigenvalue weighted by Gasteiger charge is 2.61. The number of rotatable bonds is 4. The molecule has 0 unspecified atom stereocenters. The van der Waals surface area contributed by atoms with E-state index >= 15 is 0 Å². The maximum atomic E-state index is 13.9. The first-order valence-corrected chi connectivity index (χ1v) is 12.3. The summed E-state index contributed by atoms with van der Waals surface area (Å²) in [6.45, 7) is 5.75. The van der Waals surface area contributed by atoms with E-state index < -0.39 is 17.8 Å². The number of anilines is 1. The highest BCUT2D eigenvalue weighted by atomic mass is 16.5. The van der Waals surface area contributed by atoms with Gasteiger partial charge < -0.3 is 4.74 Å². The number of amides is 2. The van der Waals surface area contributed by atoms with Gasteiger partial charge in [-0.2, -0.15) is 0 Å². The van der Waals surface area contributed by atoms with Crippen molar-refractivity contribution >= 4 is 23.5 Å². The summed E-state index contributed by atoms with van der Waals surface area (Å²) in [5.74, 6) is -1.01. The Balaban J connectivity index is 1.46. The zero-order chi connectivity index (χ0) is 24.4. The average Bonchev–Trinajstić information content (AvgIpc) is 3.13. The normalized spacial score (nSPS) is 24.6. The van der Waals surface area contributed by atoms with E-state index in [9.17, 15) is 14.4 Å². The van der Waals surface area contributed by atoms with Gasteiger partial charge in [-0.25, -0.2) is 4.90 Å². The first-order chi connectivity index (χ1) is 16.9. The molecule has 0 saturated carbocycles. The van der Waals surface area contributed by atoms with Crippen LogP contribution < -0.4 is 9.64 Å². The van der Waals surface area contributed by atoms with Crippen LogP contribution in [0.5, 0.6) is 5.75 Å². The summed E-state index contributed by atoms with van der Waals surface area (Å²) in [5, 5.41) is 0. The van der Waals surface area contributed by atoms with Gasteiger partial charge in [0.05, 0.1) is 17.5 Å². The van der Waals surface area contributed by atoms with Crippen molar-refractivity contribution in [2.75, 3.05) is 4.90 Å². The zero-order valence-electron chi connectivity index (χ0n) is 20.0. The molecule has 1 heterocycles. The summed E-state index contributed by atoms with van der Waals surface area (Å²) >= 11 is 0. The largest absolute Gasteiger partial charge is 0.427 e. The van der Waals surface area contributed by atoms with Crippen LogP contribution >= 0.6 is 0 Å². The molecule has 0 aromatic heterocycles. The minimum Gasteiger partial charge on any atom is -0.427 e. The Kier molecular flexibility index (Phi) is 4.92. The summed E-state index contributed by atoms with van der Waals surface area (Å²) in [6.07, 6.45) is 1.05. The van der Waals surface area contributed by atoms with Gasteiger partial charge in [0.1, 0.15) is 5.75 Å². The van der Waals surface area contributed by atoms with Gasteiger partial charge in [0.2, 0.25) is 11.8 Å². The summed E-state index contributed by atoms with van der Waals surface area (Å²) < 4.78 is 5.12. The van der Waals surface area contributed by atoms with Crippen molar-refractivity contribution in [2.45, 2.75) is 44.9 Å². The maximum absolute atomic E-state index is 13.9. The topological polar surface area (TPSA) is 63.7 Å². The Hall–Kier alpha value is -3.73. The fourth-order valence-corrected chi connectivity index (χ4v) is 6.37. The molecule has 3 aromatic rings. The zero-order valence-corrected chi connectivity index (χ0v) is 20.0. The Morgan fingerprint density at radius 2 is 1.43 bits per heavy atom. The van der Waals surface area contributed by atoms with Crippen molar-refractivity contribution in [3.63, 3.8) is 0 Å². The summed E-state index contributed by atoms with van der Waals surface area (Å²) in [7, 11) is 0. The number of esters is 1. The lowest BCUT2D eigenvalue weighted by atomic mass is 9.54. The number of carbonyl (C=O) groups excluding carboxylic acids is 3. The Morgan fingerprint density at radius 1 is 0.857 bits per heavy atom. The van der Waals surface area contributed by atoms with Gasteiger partial charge in [-0.3, -0.25) is 14.4 Å². The highest BCUT2D eigenvalue weighted by Crippen LogP contribution is 2.61. The summed E-state index contributed by atoms with van der Waals surface area (Å²) in [6, 6.07) is 21.5. The molecule has 1 fully saturated rings. The van der Waals surface area contributed by atoms with Crippen LogP contribution in [0.3, 0.4) is 0 Å². The van der Waals surface area contributed by atoms with E-state index in [2.05, 4.69) is 44.2 Å². The molecular weight excluding hydrogens is 438 g/mol. The molecule has 5 nitrogen and oxygen atoms in total. The number of nitrogens with zero attached hydrogens (tertiary/aromatic N) is 1. The van der Waals surface area contributed by atoms with Crippen LogP contribution in [-0.2, 0) is 14.4 Å². The molecular formula is C30H27NO4. The lowest BCUT2D eigenvalue weighted by molar-refractivity contribution is -0.132. The predicted molar refractivity (Wildman–Crippen MR) is 132 cm³/mol. The SMILES string of the molecule is CC[C@@H](C)c1ccc2c(c1)[C@@H]1c3ccccc3[C@@H]2[C@@H]2C(=O)N(c3ccc(OC(C)=O)cc3)C(=O)[C@H]12. The molecule has 2 bridgehead atoms. The van der Waals surface area contributed by atoms with Gasteiger partial charge in [0, 0.05) is 18.8 Å². The molecule has 0 N–H and O–H groups in total. The lowest BCUT2D eigenvalue weighted by Crippen LogP contribution is -2.41. The van der Waals surface area contributed by atoms with Gasteiger partial charge in [-0.05, 0) is 64.4 Å². The second kappa shape index (κ2) is 7.91.